The molecule has 0 amide bonds. The topological polar surface area (TPSA) is 85.7 Å². The summed E-state index contributed by atoms with van der Waals surface area (Å²) >= 11 is 0. The van der Waals surface area contributed by atoms with E-state index in [1.807, 2.05) is 13.0 Å². The van der Waals surface area contributed by atoms with Gasteiger partial charge in [0, 0.05) is 12.6 Å². The lowest BCUT2D eigenvalue weighted by molar-refractivity contribution is -0.180. The van der Waals surface area contributed by atoms with Crippen molar-refractivity contribution >= 4 is 10.1 Å². The van der Waals surface area contributed by atoms with Gasteiger partial charge in [-0.2, -0.15) is 8.42 Å². The van der Waals surface area contributed by atoms with E-state index < -0.39 is 15.9 Å². The molecule has 144 valence electrons. The zero-order valence-corrected chi connectivity index (χ0v) is 16.0. The summed E-state index contributed by atoms with van der Waals surface area (Å²) in [4.78, 5) is 4.49. The van der Waals surface area contributed by atoms with Gasteiger partial charge in [0.1, 0.15) is 5.69 Å². The van der Waals surface area contributed by atoms with Crippen LogP contribution < -0.4 is 0 Å². The molecule has 1 aromatic carbocycles. The molecule has 27 heavy (non-hydrogen) atoms. The minimum atomic E-state index is -4.22. The molecule has 1 N–H and O–H groups in total. The Morgan fingerprint density at radius 3 is 2.78 bits per heavy atom. The molecule has 2 aromatic rings. The highest BCUT2D eigenvalue weighted by Crippen LogP contribution is 2.43. The second-order valence-electron chi connectivity index (χ2n) is 7.34. The Bertz CT molecular complexity index is 951. The van der Waals surface area contributed by atoms with Gasteiger partial charge in [-0.05, 0) is 67.0 Å². The first-order valence-corrected chi connectivity index (χ1v) is 10.6. The van der Waals surface area contributed by atoms with Crippen LogP contribution in [0.25, 0.3) is 0 Å². The first kappa shape index (κ1) is 18.6. The summed E-state index contributed by atoms with van der Waals surface area (Å²) in [6.07, 6.45) is 4.94. The third-order valence-electron chi connectivity index (χ3n) is 5.51. The third kappa shape index (κ3) is 3.65. The van der Waals surface area contributed by atoms with Crippen LogP contribution in [0.3, 0.4) is 0 Å². The predicted molar refractivity (Wildman–Crippen MR) is 98.9 cm³/mol. The van der Waals surface area contributed by atoms with Crippen molar-refractivity contribution in [2.24, 2.45) is 5.92 Å². The van der Waals surface area contributed by atoms with E-state index >= 15 is 0 Å². The molecule has 1 aliphatic carbocycles. The molecule has 2 aliphatic rings. The fourth-order valence-corrected chi connectivity index (χ4v) is 4.68. The fraction of sp³-hybridized carbons (Fsp3) is 0.450. The third-order valence-corrected chi connectivity index (χ3v) is 6.36. The number of hydrogen-bond donors (Lipinski definition) is 1. The lowest BCUT2D eigenvalue weighted by Crippen LogP contribution is -2.31. The summed E-state index contributed by atoms with van der Waals surface area (Å²) in [5.74, 6) is -0.570. The number of hydrogen-bond acceptors (Lipinski definition) is 5. The van der Waals surface area contributed by atoms with E-state index in [1.165, 1.54) is 6.07 Å². The van der Waals surface area contributed by atoms with Crippen molar-refractivity contribution in [3.8, 4) is 0 Å². The maximum atomic E-state index is 11.5. The van der Waals surface area contributed by atoms with Gasteiger partial charge in [0.2, 0.25) is 5.79 Å². The van der Waals surface area contributed by atoms with Crippen molar-refractivity contribution < 1.29 is 22.4 Å². The highest BCUT2D eigenvalue weighted by Gasteiger charge is 2.45. The van der Waals surface area contributed by atoms with Gasteiger partial charge in [-0.25, -0.2) is 0 Å². The molecule has 1 aliphatic heterocycles. The van der Waals surface area contributed by atoms with E-state index in [-0.39, 0.29) is 10.8 Å². The van der Waals surface area contributed by atoms with Crippen LogP contribution in [0.2, 0.25) is 0 Å². The molecule has 0 saturated carbocycles. The van der Waals surface area contributed by atoms with Gasteiger partial charge in [0.05, 0.1) is 18.1 Å². The van der Waals surface area contributed by atoms with Crippen LogP contribution in [0.1, 0.15) is 35.2 Å². The maximum Gasteiger partial charge on any atom is 0.294 e. The molecule has 1 spiro atoms. The van der Waals surface area contributed by atoms with Crippen LogP contribution in [0.15, 0.2) is 41.4 Å². The minimum Gasteiger partial charge on any atom is -0.342 e. The normalized spacial score (nSPS) is 21.8. The lowest BCUT2D eigenvalue weighted by Gasteiger charge is -2.29. The van der Waals surface area contributed by atoms with Crippen LogP contribution in [-0.4, -0.2) is 31.2 Å². The summed E-state index contributed by atoms with van der Waals surface area (Å²) < 4.78 is 44.5. The summed E-state index contributed by atoms with van der Waals surface area (Å²) in [5.41, 5.74) is 3.94. The molecule has 0 unspecified atom stereocenters. The van der Waals surface area contributed by atoms with Gasteiger partial charge in [0.15, 0.2) is 0 Å². The summed E-state index contributed by atoms with van der Waals surface area (Å²) in [7, 11) is -4.22. The second-order valence-corrected chi connectivity index (χ2v) is 8.76. The highest BCUT2D eigenvalue weighted by molar-refractivity contribution is 7.85. The lowest BCUT2D eigenvalue weighted by atomic mass is 9.88. The van der Waals surface area contributed by atoms with Crippen LogP contribution in [0.5, 0.6) is 0 Å². The molecule has 7 heteroatoms. The van der Waals surface area contributed by atoms with Gasteiger partial charge >= 0.3 is 0 Å². The molecule has 0 bridgehead atoms. The van der Waals surface area contributed by atoms with Gasteiger partial charge in [0.25, 0.3) is 10.1 Å². The molecule has 1 aromatic heterocycles. The van der Waals surface area contributed by atoms with Crippen molar-refractivity contribution in [1.82, 2.24) is 4.98 Å². The van der Waals surface area contributed by atoms with Crippen LogP contribution in [-0.2, 0) is 38.2 Å². The zero-order valence-electron chi connectivity index (χ0n) is 15.2. The van der Waals surface area contributed by atoms with Crippen molar-refractivity contribution in [3.05, 3.63) is 58.9 Å². The zero-order chi connectivity index (χ0) is 19.1. The predicted octanol–water partition coefficient (Wildman–Crippen LogP) is 3.03. The first-order valence-electron chi connectivity index (χ1n) is 9.17. The Balaban J connectivity index is 1.65. The minimum absolute atomic E-state index is 0.0650. The van der Waals surface area contributed by atoms with Crippen molar-refractivity contribution in [3.63, 3.8) is 0 Å². The van der Waals surface area contributed by atoms with Gasteiger partial charge in [-0.1, -0.05) is 12.1 Å². The summed E-state index contributed by atoms with van der Waals surface area (Å²) in [6.45, 7) is 3.04. The largest absolute Gasteiger partial charge is 0.342 e. The van der Waals surface area contributed by atoms with Gasteiger partial charge < -0.3 is 9.47 Å². The van der Waals surface area contributed by atoms with Crippen molar-refractivity contribution in [2.75, 3.05) is 13.2 Å². The number of rotatable bonds is 3. The number of benzene rings is 1. The van der Waals surface area contributed by atoms with E-state index in [0.717, 1.165) is 35.2 Å². The Hall–Kier alpha value is -1.80. The number of ether oxygens (including phenoxy) is 2. The molecular weight excluding hydrogens is 366 g/mol. The van der Waals surface area contributed by atoms with E-state index in [1.54, 1.807) is 18.3 Å². The molecule has 6 nitrogen and oxygen atoms in total. The Labute approximate surface area is 159 Å². The average molecular weight is 389 g/mol. The number of fused-ring (bicyclic) bond motifs is 2. The monoisotopic (exact) mass is 389 g/mol. The molecule has 4 rings (SSSR count). The van der Waals surface area contributed by atoms with Crippen LogP contribution in [0.4, 0.5) is 0 Å². The molecule has 2 heterocycles. The molecule has 0 radical (unpaired) electrons. The Morgan fingerprint density at radius 2 is 2.04 bits per heavy atom. The van der Waals surface area contributed by atoms with E-state index in [2.05, 4.69) is 11.1 Å². The van der Waals surface area contributed by atoms with Gasteiger partial charge in [-0.15, -0.1) is 0 Å². The van der Waals surface area contributed by atoms with E-state index in [4.69, 9.17) is 9.47 Å². The molecule has 1 saturated heterocycles. The van der Waals surface area contributed by atoms with Crippen LogP contribution in [0, 0.1) is 12.8 Å². The van der Waals surface area contributed by atoms with Crippen molar-refractivity contribution in [2.45, 2.75) is 43.3 Å². The standard InChI is InChI=1S/C20H23NO5S/c1-14-4-7-18(27(22,23)24)12-17(14)11-15-5-6-16-3-2-8-21-19(16)20(13-15)25-9-10-26-20/h2-4,7-8,12,15H,5-6,9-11,13H2,1H3,(H,22,23,24)/t15-/m1/s1. The first-order chi connectivity index (χ1) is 12.9. The average Bonchev–Trinajstić information content (AvgIpc) is 3.04. The van der Waals surface area contributed by atoms with Gasteiger partial charge in [-0.3, -0.25) is 9.54 Å². The SMILES string of the molecule is Cc1ccc(S(=O)(=O)O)cc1C[C@H]1CCc2cccnc2C2(C1)OCCO2. The maximum absolute atomic E-state index is 11.5. The van der Waals surface area contributed by atoms with E-state index in [9.17, 15) is 13.0 Å². The highest BCUT2D eigenvalue weighted by atomic mass is 32.2. The van der Waals surface area contributed by atoms with E-state index in [0.29, 0.717) is 26.1 Å². The molecule has 1 atom stereocenters. The second kappa shape index (κ2) is 6.98. The number of aryl methyl sites for hydroxylation is 2. The van der Waals surface area contributed by atoms with Crippen LogP contribution >= 0.6 is 0 Å². The quantitative estimate of drug-likeness (QED) is 0.812. The number of nitrogens with zero attached hydrogens (tertiary/aromatic N) is 1. The smallest absolute Gasteiger partial charge is 0.294 e. The Kier molecular flexibility index (Phi) is 4.80. The summed E-state index contributed by atoms with van der Waals surface area (Å²) in [6, 6.07) is 8.75. The molecule has 1 fully saturated rings. The summed E-state index contributed by atoms with van der Waals surface area (Å²) in [5, 5.41) is 0. The van der Waals surface area contributed by atoms with Crippen molar-refractivity contribution in [1.29, 1.82) is 0 Å². The Morgan fingerprint density at radius 1 is 1.26 bits per heavy atom. The number of pyridine rings is 1. The molecular formula is C20H23NO5S. The number of aromatic nitrogens is 1. The fourth-order valence-electron chi connectivity index (χ4n) is 4.14.